The highest BCUT2D eigenvalue weighted by molar-refractivity contribution is 7.12. The highest BCUT2D eigenvalue weighted by atomic mass is 35.5. The van der Waals surface area contributed by atoms with Gasteiger partial charge in [0.05, 0.1) is 11.3 Å². The van der Waals surface area contributed by atoms with Crippen molar-refractivity contribution >= 4 is 46.5 Å². The Hall–Kier alpha value is -2.11. The van der Waals surface area contributed by atoms with Crippen molar-refractivity contribution < 1.29 is 9.59 Å². The van der Waals surface area contributed by atoms with Gasteiger partial charge in [-0.1, -0.05) is 11.6 Å². The summed E-state index contributed by atoms with van der Waals surface area (Å²) in [6.07, 6.45) is 3.18. The Labute approximate surface area is 150 Å². The summed E-state index contributed by atoms with van der Waals surface area (Å²) < 4.78 is 0. The lowest BCUT2D eigenvalue weighted by molar-refractivity contribution is -0.111. The molecule has 0 aliphatic heterocycles. The molecule has 0 spiro atoms. The topological polar surface area (TPSA) is 58.2 Å². The van der Waals surface area contributed by atoms with Gasteiger partial charge in [-0.2, -0.15) is 0 Å². The van der Waals surface area contributed by atoms with E-state index in [0.29, 0.717) is 16.3 Å². The summed E-state index contributed by atoms with van der Waals surface area (Å²) >= 11 is 7.59. The van der Waals surface area contributed by atoms with E-state index in [1.165, 1.54) is 11.0 Å². The van der Waals surface area contributed by atoms with E-state index in [0.717, 1.165) is 4.88 Å². The summed E-state index contributed by atoms with van der Waals surface area (Å²) in [6, 6.07) is 8.73. The molecule has 1 heterocycles. The van der Waals surface area contributed by atoms with Gasteiger partial charge in [0.15, 0.2) is 0 Å². The van der Waals surface area contributed by atoms with Crippen LogP contribution in [0.1, 0.15) is 34.0 Å². The van der Waals surface area contributed by atoms with Gasteiger partial charge >= 0.3 is 0 Å². The molecule has 4 nitrogen and oxygen atoms in total. The first-order chi connectivity index (χ1) is 11.3. The van der Waals surface area contributed by atoms with Crippen LogP contribution in [-0.2, 0) is 4.79 Å². The van der Waals surface area contributed by atoms with Crippen LogP contribution in [0.15, 0.2) is 36.4 Å². The largest absolute Gasteiger partial charge is 0.350 e. The number of halogens is 1. The summed E-state index contributed by atoms with van der Waals surface area (Å²) in [7, 11) is 0. The molecule has 126 valence electrons. The summed E-state index contributed by atoms with van der Waals surface area (Å²) in [5, 5.41) is 5.97. The smallest absolute Gasteiger partial charge is 0.253 e. The standard InChI is InChI=1S/C18H19ClN2O2S/c1-11(2)20-18(23)15-8-5-13(19)10-16(15)21-17(22)9-7-14-6-4-12(3)24-14/h4-11H,1-3H3,(H,20,23)(H,21,22). The second-order valence-corrected chi connectivity index (χ2v) is 7.34. The monoisotopic (exact) mass is 362 g/mol. The lowest BCUT2D eigenvalue weighted by Gasteiger charge is -2.13. The van der Waals surface area contributed by atoms with Crippen molar-refractivity contribution in [3.05, 3.63) is 56.7 Å². The minimum Gasteiger partial charge on any atom is -0.350 e. The predicted octanol–water partition coefficient (Wildman–Crippen LogP) is 4.50. The van der Waals surface area contributed by atoms with Crippen molar-refractivity contribution in [2.24, 2.45) is 0 Å². The van der Waals surface area contributed by atoms with E-state index in [9.17, 15) is 9.59 Å². The normalized spacial score (nSPS) is 11.0. The van der Waals surface area contributed by atoms with Gasteiger partial charge in [0.25, 0.3) is 5.91 Å². The molecule has 1 aromatic heterocycles. The molecule has 0 saturated heterocycles. The molecule has 2 N–H and O–H groups in total. The van der Waals surface area contributed by atoms with Crippen molar-refractivity contribution in [3.8, 4) is 0 Å². The van der Waals surface area contributed by atoms with E-state index >= 15 is 0 Å². The van der Waals surface area contributed by atoms with Crippen LogP contribution >= 0.6 is 22.9 Å². The first kappa shape index (κ1) is 18.2. The number of carbonyl (C=O) groups is 2. The summed E-state index contributed by atoms with van der Waals surface area (Å²) in [6.45, 7) is 5.75. The van der Waals surface area contributed by atoms with Gasteiger partial charge in [0, 0.05) is 26.9 Å². The fourth-order valence-corrected chi connectivity index (χ4v) is 2.99. The zero-order chi connectivity index (χ0) is 17.7. The highest BCUT2D eigenvalue weighted by Crippen LogP contribution is 2.22. The molecular formula is C18H19ClN2O2S. The van der Waals surface area contributed by atoms with Gasteiger partial charge in [-0.25, -0.2) is 0 Å². The van der Waals surface area contributed by atoms with E-state index in [1.54, 1.807) is 35.6 Å². The lowest BCUT2D eigenvalue weighted by Crippen LogP contribution is -2.31. The first-order valence-electron chi connectivity index (χ1n) is 7.51. The van der Waals surface area contributed by atoms with E-state index in [4.69, 9.17) is 11.6 Å². The van der Waals surface area contributed by atoms with Crippen LogP contribution in [0.25, 0.3) is 6.08 Å². The predicted molar refractivity (Wildman–Crippen MR) is 101 cm³/mol. The zero-order valence-corrected chi connectivity index (χ0v) is 15.3. The quantitative estimate of drug-likeness (QED) is 0.769. The van der Waals surface area contributed by atoms with E-state index in [2.05, 4.69) is 10.6 Å². The Morgan fingerprint density at radius 1 is 1.21 bits per heavy atom. The third-order valence-corrected chi connectivity index (χ3v) is 4.27. The van der Waals surface area contributed by atoms with Crippen LogP contribution in [0.3, 0.4) is 0 Å². The van der Waals surface area contributed by atoms with Crippen molar-refractivity contribution in [2.75, 3.05) is 5.32 Å². The zero-order valence-electron chi connectivity index (χ0n) is 13.7. The Kier molecular flexibility index (Phi) is 6.17. The number of rotatable bonds is 5. The molecule has 2 rings (SSSR count). The molecule has 1 aromatic carbocycles. The molecule has 0 aliphatic carbocycles. The van der Waals surface area contributed by atoms with Gasteiger partial charge in [0.1, 0.15) is 0 Å². The molecule has 0 unspecified atom stereocenters. The number of carbonyl (C=O) groups excluding carboxylic acids is 2. The van der Waals surface area contributed by atoms with E-state index < -0.39 is 0 Å². The molecule has 0 fully saturated rings. The van der Waals surface area contributed by atoms with Gasteiger partial charge < -0.3 is 10.6 Å². The number of nitrogens with one attached hydrogen (secondary N) is 2. The molecule has 6 heteroatoms. The number of hydrogen-bond acceptors (Lipinski definition) is 3. The van der Waals surface area contributed by atoms with E-state index in [1.807, 2.05) is 32.9 Å². The average molecular weight is 363 g/mol. The van der Waals surface area contributed by atoms with Crippen molar-refractivity contribution in [1.82, 2.24) is 5.32 Å². The molecule has 0 radical (unpaired) electrons. The number of anilines is 1. The highest BCUT2D eigenvalue weighted by Gasteiger charge is 2.14. The molecule has 0 atom stereocenters. The Morgan fingerprint density at radius 3 is 2.58 bits per heavy atom. The van der Waals surface area contributed by atoms with Crippen LogP contribution in [0.2, 0.25) is 5.02 Å². The fourth-order valence-electron chi connectivity index (χ4n) is 2.03. The molecule has 0 bridgehead atoms. The first-order valence-corrected chi connectivity index (χ1v) is 8.70. The summed E-state index contributed by atoms with van der Waals surface area (Å²) in [5.41, 5.74) is 0.763. The van der Waals surface area contributed by atoms with Crippen LogP contribution < -0.4 is 10.6 Å². The number of aryl methyl sites for hydroxylation is 1. The van der Waals surface area contributed by atoms with Crippen LogP contribution in [0, 0.1) is 6.92 Å². The van der Waals surface area contributed by atoms with Gasteiger partial charge in [0.2, 0.25) is 5.91 Å². The average Bonchev–Trinajstić information content (AvgIpc) is 2.90. The van der Waals surface area contributed by atoms with Crippen LogP contribution in [0.4, 0.5) is 5.69 Å². The second-order valence-electron chi connectivity index (χ2n) is 5.59. The SMILES string of the molecule is Cc1ccc(C=CC(=O)Nc2cc(Cl)ccc2C(=O)NC(C)C)s1. The number of hydrogen-bond donors (Lipinski definition) is 2. The minimum absolute atomic E-state index is 0.00121. The van der Waals surface area contributed by atoms with Crippen molar-refractivity contribution in [1.29, 1.82) is 0 Å². The Morgan fingerprint density at radius 2 is 1.96 bits per heavy atom. The summed E-state index contributed by atoms with van der Waals surface area (Å²) in [4.78, 5) is 26.5. The Bertz CT molecular complexity index is 781. The molecule has 24 heavy (non-hydrogen) atoms. The molecule has 0 aliphatic rings. The van der Waals surface area contributed by atoms with Crippen molar-refractivity contribution in [3.63, 3.8) is 0 Å². The summed E-state index contributed by atoms with van der Waals surface area (Å²) in [5.74, 6) is -0.572. The van der Waals surface area contributed by atoms with Crippen LogP contribution in [-0.4, -0.2) is 17.9 Å². The maximum absolute atomic E-state index is 12.2. The maximum Gasteiger partial charge on any atom is 0.253 e. The second kappa shape index (κ2) is 8.13. The van der Waals surface area contributed by atoms with Gasteiger partial charge in [-0.05, 0) is 57.2 Å². The fraction of sp³-hybridized carbons (Fsp3) is 0.222. The lowest BCUT2D eigenvalue weighted by atomic mass is 10.1. The molecule has 2 amide bonds. The number of benzene rings is 1. The molecule has 0 saturated carbocycles. The minimum atomic E-state index is -0.318. The third kappa shape index (κ3) is 5.22. The molecular weight excluding hydrogens is 344 g/mol. The number of thiophene rings is 1. The van der Waals surface area contributed by atoms with Gasteiger partial charge in [-0.3, -0.25) is 9.59 Å². The van der Waals surface area contributed by atoms with Crippen LogP contribution in [0.5, 0.6) is 0 Å². The van der Waals surface area contributed by atoms with E-state index in [-0.39, 0.29) is 17.9 Å². The Balaban J connectivity index is 2.15. The number of amides is 2. The van der Waals surface area contributed by atoms with Crippen molar-refractivity contribution in [2.45, 2.75) is 26.8 Å². The maximum atomic E-state index is 12.2. The molecule has 2 aromatic rings. The van der Waals surface area contributed by atoms with Gasteiger partial charge in [-0.15, -0.1) is 11.3 Å². The third-order valence-electron chi connectivity index (χ3n) is 3.06.